The Morgan fingerprint density at radius 1 is 1.27 bits per heavy atom. The number of nitrogens with zero attached hydrogens (tertiary/aromatic N) is 1. The molecule has 2 amide bonds. The molecular formula is C19H17N3O2S2. The van der Waals surface area contributed by atoms with Crippen molar-refractivity contribution < 1.29 is 9.59 Å². The standard InChI is InChI=1S/C19H17N3O2S2/c1-3-11-4-6-13-16(8-11)26-19(21-13)22-18(24)12-5-7-15-14(9-12)20-17(23)10(2)25-15/h4-10H,3H2,1-2H3,(H,20,23)(H,21,22,24). The molecule has 0 fully saturated rings. The molecule has 0 spiro atoms. The minimum absolute atomic E-state index is 0.0436. The highest BCUT2D eigenvalue weighted by Crippen LogP contribution is 2.36. The van der Waals surface area contributed by atoms with Gasteiger partial charge in [-0.15, -0.1) is 11.8 Å². The molecule has 2 aromatic carbocycles. The lowest BCUT2D eigenvalue weighted by atomic mass is 10.2. The first-order valence-corrected chi connectivity index (χ1v) is 10.1. The Bertz CT molecular complexity index is 1030. The molecule has 0 bridgehead atoms. The molecule has 7 heteroatoms. The van der Waals surface area contributed by atoms with Crippen molar-refractivity contribution in [3.05, 3.63) is 47.5 Å². The Labute approximate surface area is 159 Å². The van der Waals surface area contributed by atoms with E-state index >= 15 is 0 Å². The summed E-state index contributed by atoms with van der Waals surface area (Å²) in [5, 5.41) is 6.16. The molecular weight excluding hydrogens is 366 g/mol. The van der Waals surface area contributed by atoms with Crippen molar-refractivity contribution in [3.63, 3.8) is 0 Å². The van der Waals surface area contributed by atoms with Gasteiger partial charge >= 0.3 is 0 Å². The second kappa shape index (κ2) is 6.74. The van der Waals surface area contributed by atoms with Gasteiger partial charge in [0.05, 0.1) is 21.2 Å². The van der Waals surface area contributed by atoms with E-state index in [2.05, 4.69) is 34.7 Å². The van der Waals surface area contributed by atoms with Crippen LogP contribution in [0.3, 0.4) is 0 Å². The summed E-state index contributed by atoms with van der Waals surface area (Å²) < 4.78 is 1.06. The minimum Gasteiger partial charge on any atom is -0.324 e. The average Bonchev–Trinajstić information content (AvgIpc) is 3.03. The molecule has 1 aromatic heterocycles. The molecule has 1 atom stereocenters. The van der Waals surface area contributed by atoms with Crippen molar-refractivity contribution >= 4 is 55.9 Å². The largest absolute Gasteiger partial charge is 0.324 e. The average molecular weight is 383 g/mol. The van der Waals surface area contributed by atoms with Crippen LogP contribution in [0, 0.1) is 0 Å². The molecule has 26 heavy (non-hydrogen) atoms. The molecule has 0 radical (unpaired) electrons. The van der Waals surface area contributed by atoms with Gasteiger partial charge in [-0.05, 0) is 49.2 Å². The molecule has 0 aliphatic carbocycles. The predicted octanol–water partition coefficient (Wildman–Crippen LogP) is 4.54. The van der Waals surface area contributed by atoms with Gasteiger partial charge in [-0.1, -0.05) is 24.3 Å². The maximum Gasteiger partial charge on any atom is 0.257 e. The molecule has 2 heterocycles. The van der Waals surface area contributed by atoms with Gasteiger partial charge in [0.2, 0.25) is 5.91 Å². The van der Waals surface area contributed by atoms with E-state index in [4.69, 9.17) is 0 Å². The van der Waals surface area contributed by atoms with Gasteiger partial charge in [0.15, 0.2) is 5.13 Å². The zero-order valence-corrected chi connectivity index (χ0v) is 16.0. The van der Waals surface area contributed by atoms with Gasteiger partial charge in [0.25, 0.3) is 5.91 Å². The Morgan fingerprint density at radius 3 is 2.92 bits per heavy atom. The second-order valence-electron chi connectivity index (χ2n) is 6.09. The van der Waals surface area contributed by atoms with Crippen LogP contribution in [0.15, 0.2) is 41.3 Å². The van der Waals surface area contributed by atoms with Crippen LogP contribution in [-0.2, 0) is 11.2 Å². The highest BCUT2D eigenvalue weighted by molar-refractivity contribution is 8.00. The van der Waals surface area contributed by atoms with Crippen LogP contribution < -0.4 is 10.6 Å². The summed E-state index contributed by atoms with van der Waals surface area (Å²) in [6, 6.07) is 11.5. The van der Waals surface area contributed by atoms with E-state index in [1.54, 1.807) is 12.1 Å². The number of thioether (sulfide) groups is 1. The number of rotatable bonds is 3. The number of fused-ring (bicyclic) bond motifs is 2. The number of hydrogen-bond acceptors (Lipinski definition) is 5. The quantitative estimate of drug-likeness (QED) is 0.696. The number of thiazole rings is 1. The Morgan fingerprint density at radius 2 is 2.12 bits per heavy atom. The lowest BCUT2D eigenvalue weighted by molar-refractivity contribution is -0.115. The van der Waals surface area contributed by atoms with E-state index in [0.717, 1.165) is 21.5 Å². The van der Waals surface area contributed by atoms with Crippen LogP contribution in [0.5, 0.6) is 0 Å². The number of hydrogen-bond donors (Lipinski definition) is 2. The van der Waals surface area contributed by atoms with Gasteiger partial charge in [-0.2, -0.15) is 0 Å². The number of aromatic nitrogens is 1. The van der Waals surface area contributed by atoms with E-state index in [-0.39, 0.29) is 17.1 Å². The lowest BCUT2D eigenvalue weighted by Gasteiger charge is -2.21. The van der Waals surface area contributed by atoms with Crippen molar-refractivity contribution in [3.8, 4) is 0 Å². The van der Waals surface area contributed by atoms with Gasteiger partial charge in [-0.25, -0.2) is 4.98 Å². The highest BCUT2D eigenvalue weighted by Gasteiger charge is 2.24. The van der Waals surface area contributed by atoms with E-state index in [9.17, 15) is 9.59 Å². The topological polar surface area (TPSA) is 71.1 Å². The highest BCUT2D eigenvalue weighted by atomic mass is 32.2. The van der Waals surface area contributed by atoms with Crippen molar-refractivity contribution in [2.75, 3.05) is 10.6 Å². The molecule has 1 aliphatic rings. The Balaban J connectivity index is 1.57. The molecule has 0 saturated carbocycles. The summed E-state index contributed by atoms with van der Waals surface area (Å²) in [4.78, 5) is 29.9. The third-order valence-corrected chi connectivity index (χ3v) is 6.37. The monoisotopic (exact) mass is 383 g/mol. The Kier molecular flexibility index (Phi) is 4.42. The first kappa shape index (κ1) is 17.1. The molecule has 4 rings (SSSR count). The van der Waals surface area contributed by atoms with Crippen molar-refractivity contribution in [1.82, 2.24) is 4.98 Å². The molecule has 0 saturated heterocycles. The second-order valence-corrected chi connectivity index (χ2v) is 8.50. The van der Waals surface area contributed by atoms with E-state index < -0.39 is 0 Å². The third kappa shape index (κ3) is 3.20. The van der Waals surface area contributed by atoms with E-state index in [1.165, 1.54) is 28.7 Å². The first-order chi connectivity index (χ1) is 12.5. The minimum atomic E-state index is -0.236. The van der Waals surface area contributed by atoms with Gasteiger partial charge in [0.1, 0.15) is 0 Å². The summed E-state index contributed by atoms with van der Waals surface area (Å²) in [6.45, 7) is 3.97. The van der Waals surface area contributed by atoms with Crippen LogP contribution in [0.25, 0.3) is 10.2 Å². The maximum absolute atomic E-state index is 12.6. The number of aryl methyl sites for hydroxylation is 1. The van der Waals surface area contributed by atoms with Crippen molar-refractivity contribution in [2.24, 2.45) is 0 Å². The predicted molar refractivity (Wildman–Crippen MR) is 107 cm³/mol. The van der Waals surface area contributed by atoms with E-state index in [0.29, 0.717) is 16.4 Å². The van der Waals surface area contributed by atoms with Crippen LogP contribution >= 0.6 is 23.1 Å². The molecule has 1 unspecified atom stereocenters. The van der Waals surface area contributed by atoms with Crippen molar-refractivity contribution in [2.45, 2.75) is 30.4 Å². The molecule has 1 aliphatic heterocycles. The maximum atomic E-state index is 12.6. The van der Waals surface area contributed by atoms with Crippen LogP contribution in [0.2, 0.25) is 0 Å². The summed E-state index contributed by atoms with van der Waals surface area (Å²) in [5.41, 5.74) is 3.30. The van der Waals surface area contributed by atoms with Crippen molar-refractivity contribution in [1.29, 1.82) is 0 Å². The fourth-order valence-corrected chi connectivity index (χ4v) is 4.62. The van der Waals surface area contributed by atoms with Gasteiger partial charge in [0, 0.05) is 10.5 Å². The summed E-state index contributed by atoms with van der Waals surface area (Å²) >= 11 is 2.96. The molecule has 3 aromatic rings. The zero-order chi connectivity index (χ0) is 18.3. The molecule has 2 N–H and O–H groups in total. The van der Waals surface area contributed by atoms with Crippen LogP contribution in [0.1, 0.15) is 29.8 Å². The smallest absolute Gasteiger partial charge is 0.257 e. The molecule has 132 valence electrons. The lowest BCUT2D eigenvalue weighted by Crippen LogP contribution is -2.26. The normalized spacial score (nSPS) is 16.2. The van der Waals surface area contributed by atoms with Gasteiger partial charge < -0.3 is 5.32 Å². The fourth-order valence-electron chi connectivity index (χ4n) is 2.76. The number of nitrogens with one attached hydrogen (secondary N) is 2. The fraction of sp³-hybridized carbons (Fsp3) is 0.211. The summed E-state index contributed by atoms with van der Waals surface area (Å²) in [7, 11) is 0. The van der Waals surface area contributed by atoms with E-state index in [1.807, 2.05) is 19.1 Å². The number of benzene rings is 2. The number of carbonyl (C=O) groups is 2. The van der Waals surface area contributed by atoms with Gasteiger partial charge in [-0.3, -0.25) is 14.9 Å². The third-order valence-electron chi connectivity index (χ3n) is 4.25. The number of anilines is 2. The number of carbonyl (C=O) groups excluding carboxylic acids is 2. The van der Waals surface area contributed by atoms with Crippen LogP contribution in [0.4, 0.5) is 10.8 Å². The SMILES string of the molecule is CCc1ccc2nc(NC(=O)c3ccc4c(c3)NC(=O)C(C)S4)sc2c1. The number of amides is 2. The Hall–Kier alpha value is -2.38. The summed E-state index contributed by atoms with van der Waals surface area (Å²) in [5.74, 6) is -0.279. The zero-order valence-electron chi connectivity index (χ0n) is 14.3. The van der Waals surface area contributed by atoms with Crippen LogP contribution in [-0.4, -0.2) is 22.0 Å². The summed E-state index contributed by atoms with van der Waals surface area (Å²) in [6.07, 6.45) is 0.965. The molecule has 5 nitrogen and oxygen atoms in total. The first-order valence-electron chi connectivity index (χ1n) is 8.36.